The lowest BCUT2D eigenvalue weighted by Gasteiger charge is -2.22. The number of benzene rings is 1. The van der Waals surface area contributed by atoms with Crippen molar-refractivity contribution < 1.29 is 4.79 Å². The van der Waals surface area contributed by atoms with E-state index in [0.717, 1.165) is 18.8 Å². The van der Waals surface area contributed by atoms with Gasteiger partial charge in [0, 0.05) is 18.8 Å². The SMILES string of the molecule is Cc1cc(C)cc(N2CCNCC(=O)C2)c1. The van der Waals surface area contributed by atoms with Crippen LogP contribution in [0.2, 0.25) is 0 Å². The van der Waals surface area contributed by atoms with E-state index in [0.29, 0.717) is 13.1 Å². The van der Waals surface area contributed by atoms with Gasteiger partial charge in [0.05, 0.1) is 13.1 Å². The number of hydrogen-bond donors (Lipinski definition) is 1. The van der Waals surface area contributed by atoms with Crippen molar-refractivity contribution in [1.29, 1.82) is 0 Å². The molecule has 2 rings (SSSR count). The second-order valence-corrected chi connectivity index (χ2v) is 4.48. The highest BCUT2D eigenvalue weighted by Gasteiger charge is 2.15. The van der Waals surface area contributed by atoms with Gasteiger partial charge in [-0.2, -0.15) is 0 Å². The Hall–Kier alpha value is -1.35. The average Bonchev–Trinajstić information content (AvgIpc) is 2.41. The van der Waals surface area contributed by atoms with Crippen LogP contribution in [0.1, 0.15) is 11.1 Å². The summed E-state index contributed by atoms with van der Waals surface area (Å²) < 4.78 is 0. The van der Waals surface area contributed by atoms with E-state index in [4.69, 9.17) is 0 Å². The van der Waals surface area contributed by atoms with Gasteiger partial charge < -0.3 is 10.2 Å². The lowest BCUT2D eigenvalue weighted by atomic mass is 10.1. The van der Waals surface area contributed by atoms with Crippen molar-refractivity contribution in [3.8, 4) is 0 Å². The van der Waals surface area contributed by atoms with Crippen LogP contribution in [0.3, 0.4) is 0 Å². The molecule has 1 aliphatic rings. The van der Waals surface area contributed by atoms with Crippen LogP contribution < -0.4 is 10.2 Å². The molecule has 0 atom stereocenters. The molecule has 1 fully saturated rings. The normalized spacial score (nSPS) is 17.4. The maximum absolute atomic E-state index is 11.5. The molecule has 0 radical (unpaired) electrons. The molecule has 1 N–H and O–H groups in total. The van der Waals surface area contributed by atoms with Crippen molar-refractivity contribution >= 4 is 11.5 Å². The molecule has 1 aromatic carbocycles. The summed E-state index contributed by atoms with van der Waals surface area (Å²) in [4.78, 5) is 13.7. The molecular weight excluding hydrogens is 200 g/mol. The Labute approximate surface area is 96.5 Å². The predicted octanol–water partition coefficient (Wildman–Crippen LogP) is 1.28. The smallest absolute Gasteiger partial charge is 0.165 e. The number of rotatable bonds is 1. The molecule has 0 unspecified atom stereocenters. The van der Waals surface area contributed by atoms with Crippen LogP contribution in [0, 0.1) is 13.8 Å². The van der Waals surface area contributed by atoms with E-state index >= 15 is 0 Å². The zero-order chi connectivity index (χ0) is 11.5. The molecular formula is C13H18N2O. The molecule has 1 heterocycles. The zero-order valence-corrected chi connectivity index (χ0v) is 9.92. The van der Waals surface area contributed by atoms with Gasteiger partial charge in [-0.05, 0) is 37.1 Å². The third kappa shape index (κ3) is 2.61. The maximum atomic E-state index is 11.5. The molecule has 3 heteroatoms. The summed E-state index contributed by atoms with van der Waals surface area (Å²) in [5.41, 5.74) is 3.66. The van der Waals surface area contributed by atoms with E-state index < -0.39 is 0 Å². The number of ketones is 1. The minimum atomic E-state index is 0.261. The molecule has 1 aromatic rings. The van der Waals surface area contributed by atoms with E-state index in [1.807, 2.05) is 0 Å². The summed E-state index contributed by atoms with van der Waals surface area (Å²) in [7, 11) is 0. The second-order valence-electron chi connectivity index (χ2n) is 4.48. The number of Topliss-reactive ketones (excluding diaryl/α,β-unsaturated/α-hetero) is 1. The van der Waals surface area contributed by atoms with Gasteiger partial charge in [-0.1, -0.05) is 6.07 Å². The van der Waals surface area contributed by atoms with Gasteiger partial charge in [0.2, 0.25) is 0 Å². The minimum Gasteiger partial charge on any atom is -0.363 e. The van der Waals surface area contributed by atoms with E-state index in [-0.39, 0.29) is 5.78 Å². The first kappa shape index (κ1) is 11.1. The fourth-order valence-electron chi connectivity index (χ4n) is 2.14. The molecule has 1 saturated heterocycles. The number of nitrogens with one attached hydrogen (secondary N) is 1. The Morgan fingerprint density at radius 1 is 1.19 bits per heavy atom. The molecule has 0 aromatic heterocycles. The standard InChI is InChI=1S/C13H18N2O/c1-10-5-11(2)7-12(6-10)15-4-3-14-8-13(16)9-15/h5-7,14H,3-4,8-9H2,1-2H3. The van der Waals surface area contributed by atoms with E-state index in [1.165, 1.54) is 11.1 Å². The highest BCUT2D eigenvalue weighted by Crippen LogP contribution is 2.18. The third-order valence-corrected chi connectivity index (χ3v) is 2.82. The summed E-state index contributed by atoms with van der Waals surface area (Å²) >= 11 is 0. The highest BCUT2D eigenvalue weighted by atomic mass is 16.1. The Kier molecular flexibility index (Phi) is 3.25. The first-order chi connectivity index (χ1) is 7.65. The van der Waals surface area contributed by atoms with Crippen molar-refractivity contribution in [3.63, 3.8) is 0 Å². The summed E-state index contributed by atoms with van der Waals surface area (Å²) in [6.45, 7) is 6.98. The van der Waals surface area contributed by atoms with E-state index in [1.54, 1.807) is 0 Å². The Morgan fingerprint density at radius 2 is 1.88 bits per heavy atom. The molecule has 0 bridgehead atoms. The van der Waals surface area contributed by atoms with Crippen molar-refractivity contribution in [3.05, 3.63) is 29.3 Å². The molecule has 0 spiro atoms. The van der Waals surface area contributed by atoms with Crippen molar-refractivity contribution in [2.24, 2.45) is 0 Å². The monoisotopic (exact) mass is 218 g/mol. The Morgan fingerprint density at radius 3 is 2.56 bits per heavy atom. The van der Waals surface area contributed by atoms with E-state index in [9.17, 15) is 4.79 Å². The van der Waals surface area contributed by atoms with Crippen LogP contribution in [-0.4, -0.2) is 32.0 Å². The summed E-state index contributed by atoms with van der Waals surface area (Å²) in [6.07, 6.45) is 0. The lowest BCUT2D eigenvalue weighted by molar-refractivity contribution is -0.116. The number of carbonyl (C=O) groups is 1. The summed E-state index contributed by atoms with van der Waals surface area (Å²) in [6, 6.07) is 6.44. The first-order valence-electron chi connectivity index (χ1n) is 5.71. The molecule has 1 aliphatic heterocycles. The Balaban J connectivity index is 2.24. The van der Waals surface area contributed by atoms with Gasteiger partial charge in [0.25, 0.3) is 0 Å². The largest absolute Gasteiger partial charge is 0.363 e. The van der Waals surface area contributed by atoms with Crippen LogP contribution in [-0.2, 0) is 4.79 Å². The fourth-order valence-corrected chi connectivity index (χ4v) is 2.14. The maximum Gasteiger partial charge on any atom is 0.165 e. The van der Waals surface area contributed by atoms with Crippen LogP contribution in [0.5, 0.6) is 0 Å². The summed E-state index contributed by atoms with van der Waals surface area (Å²) in [5, 5.41) is 3.13. The molecule has 16 heavy (non-hydrogen) atoms. The quantitative estimate of drug-likeness (QED) is 0.770. The molecule has 0 amide bonds. The highest BCUT2D eigenvalue weighted by molar-refractivity contribution is 5.85. The predicted molar refractivity (Wildman–Crippen MR) is 66.0 cm³/mol. The third-order valence-electron chi connectivity index (χ3n) is 2.82. The number of aryl methyl sites for hydroxylation is 2. The Bertz CT molecular complexity index is 381. The molecule has 0 saturated carbocycles. The fraction of sp³-hybridized carbons (Fsp3) is 0.462. The van der Waals surface area contributed by atoms with Crippen molar-refractivity contribution in [1.82, 2.24) is 5.32 Å². The lowest BCUT2D eigenvalue weighted by Crippen LogP contribution is -2.30. The summed E-state index contributed by atoms with van der Waals surface area (Å²) in [5.74, 6) is 0.261. The van der Waals surface area contributed by atoms with Gasteiger partial charge in [0.15, 0.2) is 5.78 Å². The van der Waals surface area contributed by atoms with Crippen LogP contribution in [0.15, 0.2) is 18.2 Å². The number of hydrogen-bond acceptors (Lipinski definition) is 3. The number of nitrogens with zero attached hydrogens (tertiary/aromatic N) is 1. The van der Waals surface area contributed by atoms with Crippen molar-refractivity contribution in [2.45, 2.75) is 13.8 Å². The topological polar surface area (TPSA) is 32.3 Å². The number of anilines is 1. The zero-order valence-electron chi connectivity index (χ0n) is 9.92. The van der Waals surface area contributed by atoms with Gasteiger partial charge >= 0.3 is 0 Å². The van der Waals surface area contributed by atoms with Crippen molar-refractivity contribution in [2.75, 3.05) is 31.1 Å². The first-order valence-corrected chi connectivity index (χ1v) is 5.71. The second kappa shape index (κ2) is 4.66. The van der Waals surface area contributed by atoms with Crippen LogP contribution in [0.25, 0.3) is 0 Å². The van der Waals surface area contributed by atoms with Gasteiger partial charge in [-0.25, -0.2) is 0 Å². The van der Waals surface area contributed by atoms with Crippen LogP contribution >= 0.6 is 0 Å². The molecule has 0 aliphatic carbocycles. The van der Waals surface area contributed by atoms with Gasteiger partial charge in [-0.3, -0.25) is 4.79 Å². The average molecular weight is 218 g/mol. The van der Waals surface area contributed by atoms with Gasteiger partial charge in [0.1, 0.15) is 0 Å². The van der Waals surface area contributed by atoms with Gasteiger partial charge in [-0.15, -0.1) is 0 Å². The van der Waals surface area contributed by atoms with Crippen LogP contribution in [0.4, 0.5) is 5.69 Å². The molecule has 86 valence electrons. The van der Waals surface area contributed by atoms with E-state index in [2.05, 4.69) is 42.3 Å². The minimum absolute atomic E-state index is 0.261. The molecule has 3 nitrogen and oxygen atoms in total. The number of carbonyl (C=O) groups excluding carboxylic acids is 1.